The van der Waals surface area contributed by atoms with Crippen LogP contribution in [0.1, 0.15) is 41.5 Å². The number of ether oxygens (including phenoxy) is 2. The summed E-state index contributed by atoms with van der Waals surface area (Å²) < 4.78 is 10.3. The molecule has 1 radical (unpaired) electrons. The molecule has 0 saturated heterocycles. The third-order valence-corrected chi connectivity index (χ3v) is 1.64. The van der Waals surface area contributed by atoms with Crippen LogP contribution in [0.3, 0.4) is 0 Å². The topological polar surface area (TPSA) is 81.9 Å². The van der Waals surface area contributed by atoms with Gasteiger partial charge in [0.15, 0.2) is 0 Å². The third kappa shape index (κ3) is 8.42. The van der Waals surface area contributed by atoms with Crippen molar-refractivity contribution < 1.29 is 19.1 Å². The fraction of sp³-hybridized carbons (Fsp3) is 0.769. The molecule has 0 aromatic carbocycles. The maximum absolute atomic E-state index is 11.9. The maximum Gasteiger partial charge on any atom is 0.419 e. The van der Waals surface area contributed by atoms with E-state index < -0.39 is 29.4 Å². The lowest BCUT2D eigenvalue weighted by Crippen LogP contribution is -2.47. The van der Waals surface area contributed by atoms with Gasteiger partial charge in [-0.15, -0.1) is 0 Å². The van der Waals surface area contributed by atoms with E-state index in [-0.39, 0.29) is 6.54 Å². The van der Waals surface area contributed by atoms with E-state index >= 15 is 0 Å². The molecule has 0 bridgehead atoms. The van der Waals surface area contributed by atoms with Crippen molar-refractivity contribution in [2.45, 2.75) is 58.8 Å². The highest BCUT2D eigenvalue weighted by atomic mass is 16.6. The van der Waals surface area contributed by atoms with E-state index in [1.54, 1.807) is 41.5 Å². The lowest BCUT2D eigenvalue weighted by atomic mass is 10.2. The Labute approximate surface area is 115 Å². The molecule has 0 aliphatic carbocycles. The summed E-state index contributed by atoms with van der Waals surface area (Å²) >= 11 is 0. The van der Waals surface area contributed by atoms with Crippen LogP contribution in [0.25, 0.3) is 0 Å². The molecule has 0 heterocycles. The van der Waals surface area contributed by atoms with Crippen LogP contribution in [0, 0.1) is 6.92 Å². The zero-order chi connectivity index (χ0) is 15.4. The van der Waals surface area contributed by atoms with Crippen molar-refractivity contribution >= 4 is 12.2 Å². The number of hydrogen-bond donors (Lipinski definition) is 1. The Morgan fingerprint density at radius 3 is 1.58 bits per heavy atom. The van der Waals surface area contributed by atoms with Crippen molar-refractivity contribution in [1.29, 1.82) is 0 Å². The Morgan fingerprint density at radius 2 is 1.37 bits per heavy atom. The molecule has 0 aliphatic heterocycles. The fourth-order valence-electron chi connectivity index (χ4n) is 1.09. The number of nitrogens with two attached hydrogens (primary N) is 1. The van der Waals surface area contributed by atoms with Gasteiger partial charge < -0.3 is 15.2 Å². The number of carbonyl (C=O) groups is 2. The molecule has 1 unspecified atom stereocenters. The lowest BCUT2D eigenvalue weighted by molar-refractivity contribution is 0.00103. The second-order valence-corrected chi connectivity index (χ2v) is 6.33. The highest BCUT2D eigenvalue weighted by molar-refractivity contribution is 5.88. The smallest absolute Gasteiger partial charge is 0.419 e. The highest BCUT2D eigenvalue weighted by Gasteiger charge is 2.31. The van der Waals surface area contributed by atoms with Gasteiger partial charge >= 0.3 is 12.2 Å². The summed E-state index contributed by atoms with van der Waals surface area (Å²) in [6, 6.07) is -0.611. The summed E-state index contributed by atoms with van der Waals surface area (Å²) in [6.07, 6.45) is -1.58. The van der Waals surface area contributed by atoms with Gasteiger partial charge in [-0.05, 0) is 48.5 Å². The molecule has 0 aliphatic rings. The zero-order valence-corrected chi connectivity index (χ0v) is 12.6. The summed E-state index contributed by atoms with van der Waals surface area (Å²) in [6.45, 7) is 13.8. The van der Waals surface area contributed by atoms with Crippen LogP contribution in [0.2, 0.25) is 0 Å². The quantitative estimate of drug-likeness (QED) is 0.835. The van der Waals surface area contributed by atoms with Crippen molar-refractivity contribution in [2.75, 3.05) is 6.54 Å². The second kappa shape index (κ2) is 6.23. The molecule has 0 aromatic heterocycles. The second-order valence-electron chi connectivity index (χ2n) is 6.33. The molecule has 19 heavy (non-hydrogen) atoms. The molecular weight excluding hydrogens is 248 g/mol. The van der Waals surface area contributed by atoms with E-state index in [1.807, 2.05) is 0 Å². The fourth-order valence-corrected chi connectivity index (χ4v) is 1.09. The Hall–Kier alpha value is -1.30. The third-order valence-electron chi connectivity index (χ3n) is 1.64. The van der Waals surface area contributed by atoms with Gasteiger partial charge in [-0.2, -0.15) is 0 Å². The van der Waals surface area contributed by atoms with Crippen molar-refractivity contribution in [3.63, 3.8) is 0 Å². The molecule has 0 aromatic rings. The molecule has 0 rings (SSSR count). The number of hydrogen-bond acceptors (Lipinski definition) is 5. The number of carbonyl (C=O) groups excluding carboxylic acids is 2. The number of nitrogens with zero attached hydrogens (tertiary/aromatic N) is 1. The van der Waals surface area contributed by atoms with E-state index in [0.717, 1.165) is 4.90 Å². The van der Waals surface area contributed by atoms with Crippen LogP contribution in [-0.4, -0.2) is 40.9 Å². The molecule has 1 atom stereocenters. The van der Waals surface area contributed by atoms with Gasteiger partial charge in [-0.1, -0.05) is 0 Å². The van der Waals surface area contributed by atoms with Gasteiger partial charge in [-0.3, -0.25) is 0 Å². The minimum atomic E-state index is -0.791. The Bertz CT molecular complexity index is 299. The van der Waals surface area contributed by atoms with Gasteiger partial charge in [0.2, 0.25) is 0 Å². The SMILES string of the molecule is [CH2]C(N)CN(C(=O)OC(C)(C)C)C(=O)OC(C)(C)C. The summed E-state index contributed by atoms with van der Waals surface area (Å²) in [7, 11) is 0. The van der Waals surface area contributed by atoms with Gasteiger partial charge in [0.05, 0.1) is 6.54 Å². The highest BCUT2D eigenvalue weighted by Crippen LogP contribution is 2.14. The molecular formula is C13H25N2O4. The molecule has 2 N–H and O–H groups in total. The first-order valence-corrected chi connectivity index (χ1v) is 6.14. The number of imide groups is 1. The molecule has 6 nitrogen and oxygen atoms in total. The lowest BCUT2D eigenvalue weighted by Gasteiger charge is -2.29. The molecule has 0 saturated carbocycles. The summed E-state index contributed by atoms with van der Waals surface area (Å²) in [5.74, 6) is 0. The monoisotopic (exact) mass is 273 g/mol. The summed E-state index contributed by atoms with van der Waals surface area (Å²) in [4.78, 5) is 24.7. The molecule has 2 amide bonds. The first kappa shape index (κ1) is 17.7. The van der Waals surface area contributed by atoms with Gasteiger partial charge in [-0.25, -0.2) is 14.5 Å². The molecule has 0 fully saturated rings. The summed E-state index contributed by atoms with van der Waals surface area (Å²) in [5, 5.41) is 0. The average molecular weight is 273 g/mol. The van der Waals surface area contributed by atoms with E-state index in [9.17, 15) is 9.59 Å². The number of amides is 2. The molecule has 111 valence electrons. The molecule has 0 spiro atoms. The Morgan fingerprint density at radius 1 is 1.05 bits per heavy atom. The van der Waals surface area contributed by atoms with Crippen molar-refractivity contribution in [3.8, 4) is 0 Å². The van der Waals surface area contributed by atoms with Gasteiger partial charge in [0.25, 0.3) is 0 Å². The van der Waals surface area contributed by atoms with Crippen LogP contribution in [0.4, 0.5) is 9.59 Å². The van der Waals surface area contributed by atoms with Crippen molar-refractivity contribution in [1.82, 2.24) is 4.90 Å². The minimum Gasteiger partial charge on any atom is -0.443 e. The Kier molecular flexibility index (Phi) is 5.81. The van der Waals surface area contributed by atoms with E-state index in [4.69, 9.17) is 15.2 Å². The van der Waals surface area contributed by atoms with E-state index in [1.165, 1.54) is 0 Å². The van der Waals surface area contributed by atoms with E-state index in [0.29, 0.717) is 0 Å². The Balaban J connectivity index is 4.90. The van der Waals surface area contributed by atoms with Crippen molar-refractivity contribution in [2.24, 2.45) is 5.73 Å². The maximum atomic E-state index is 11.9. The van der Waals surface area contributed by atoms with Crippen LogP contribution < -0.4 is 5.73 Å². The first-order chi connectivity index (χ1) is 8.32. The predicted octanol–water partition coefficient (Wildman–Crippen LogP) is 2.32. The summed E-state index contributed by atoms with van der Waals surface area (Å²) in [5.41, 5.74) is 4.12. The van der Waals surface area contributed by atoms with Crippen LogP contribution in [0.5, 0.6) is 0 Å². The van der Waals surface area contributed by atoms with E-state index in [2.05, 4.69) is 6.92 Å². The first-order valence-electron chi connectivity index (χ1n) is 6.14. The molecule has 6 heteroatoms. The van der Waals surface area contributed by atoms with Gasteiger partial charge in [0.1, 0.15) is 11.2 Å². The van der Waals surface area contributed by atoms with Crippen molar-refractivity contribution in [3.05, 3.63) is 6.92 Å². The minimum absolute atomic E-state index is 0.0656. The van der Waals surface area contributed by atoms with Crippen LogP contribution >= 0.6 is 0 Å². The average Bonchev–Trinajstić information content (AvgIpc) is 2.07. The predicted molar refractivity (Wildman–Crippen MR) is 72.5 cm³/mol. The largest absolute Gasteiger partial charge is 0.443 e. The zero-order valence-electron chi connectivity index (χ0n) is 12.6. The number of rotatable bonds is 2. The van der Waals surface area contributed by atoms with Crippen LogP contribution in [0.15, 0.2) is 0 Å². The normalized spacial score (nSPS) is 13.7. The van der Waals surface area contributed by atoms with Gasteiger partial charge in [0, 0.05) is 6.04 Å². The standard InChI is InChI=1S/C13H25N2O4/c1-9(14)8-15(10(16)18-12(2,3)4)11(17)19-13(5,6)7/h9H,1,8,14H2,2-7H3. The van der Waals surface area contributed by atoms with Crippen LogP contribution in [-0.2, 0) is 9.47 Å².